The Morgan fingerprint density at radius 1 is 1.13 bits per heavy atom. The van der Waals surface area contributed by atoms with Crippen LogP contribution < -0.4 is 10.7 Å². The number of nitrogens with zero attached hydrogens (tertiary/aromatic N) is 3. The summed E-state index contributed by atoms with van der Waals surface area (Å²) in [6, 6.07) is 17.8. The molecule has 0 fully saturated rings. The third kappa shape index (κ3) is 3.43. The Bertz CT molecular complexity index is 1360. The highest BCUT2D eigenvalue weighted by Gasteiger charge is 2.27. The van der Waals surface area contributed by atoms with E-state index in [-0.39, 0.29) is 5.91 Å². The number of hydrazone groups is 1. The number of hydrogen-bond acceptors (Lipinski definition) is 6. The van der Waals surface area contributed by atoms with Gasteiger partial charge in [0.05, 0.1) is 39.3 Å². The zero-order chi connectivity index (χ0) is 21.4. The minimum Gasteiger partial charge on any atom is -0.354 e. The zero-order valence-corrected chi connectivity index (χ0v) is 17.5. The van der Waals surface area contributed by atoms with Crippen LogP contribution in [0.1, 0.15) is 34.3 Å². The fraction of sp³-hybridized carbons (Fsp3) is 0.0833. The maximum atomic E-state index is 12.3. The molecule has 6 nitrogen and oxygen atoms in total. The van der Waals surface area contributed by atoms with Crippen molar-refractivity contribution >= 4 is 34.2 Å². The number of para-hydroxylation sites is 1. The summed E-state index contributed by atoms with van der Waals surface area (Å²) in [6.45, 7) is 1.81. The predicted octanol–water partition coefficient (Wildman–Crippen LogP) is 4.22. The molecule has 0 bridgehead atoms. The van der Waals surface area contributed by atoms with Gasteiger partial charge in [0.1, 0.15) is 0 Å². The Morgan fingerprint density at radius 2 is 1.94 bits per heavy atom. The summed E-state index contributed by atoms with van der Waals surface area (Å²) in [5.41, 5.74) is 9.76. The number of benzene rings is 2. The standard InChI is InChI=1S/C24H17N5OS/c1-14-23(24(30)29-28-14)20-11-18(17-8-4-5-9-19(17)26-20)21-13-31-22(27-21)10-15-6-2-3-7-16(15)12-25/h2-9,11,13,26H,10H2,1H3,(H,29,30). The van der Waals surface area contributed by atoms with E-state index < -0.39 is 0 Å². The van der Waals surface area contributed by atoms with Gasteiger partial charge in [-0.25, -0.2) is 10.4 Å². The Morgan fingerprint density at radius 3 is 2.74 bits per heavy atom. The maximum Gasteiger partial charge on any atom is 0.275 e. The summed E-state index contributed by atoms with van der Waals surface area (Å²) < 4.78 is 0. The quantitative estimate of drug-likeness (QED) is 0.617. The number of allylic oxidation sites excluding steroid dienone is 1. The van der Waals surface area contributed by atoms with Crippen LogP contribution in [0.25, 0.3) is 5.57 Å². The van der Waals surface area contributed by atoms with Gasteiger partial charge in [-0.3, -0.25) is 4.79 Å². The van der Waals surface area contributed by atoms with Crippen LogP contribution in [0.5, 0.6) is 0 Å². The number of carbonyl (C=O) groups is 1. The molecule has 3 heterocycles. The van der Waals surface area contributed by atoms with Crippen molar-refractivity contribution in [1.82, 2.24) is 10.4 Å². The van der Waals surface area contributed by atoms with Crippen LogP contribution in [0.4, 0.5) is 5.69 Å². The molecule has 0 saturated heterocycles. The predicted molar refractivity (Wildman–Crippen MR) is 121 cm³/mol. The minimum absolute atomic E-state index is 0.220. The number of nitriles is 1. The van der Waals surface area contributed by atoms with Gasteiger partial charge in [0, 0.05) is 28.6 Å². The summed E-state index contributed by atoms with van der Waals surface area (Å²) in [6.07, 6.45) is 2.56. The molecule has 1 aromatic heterocycles. The largest absolute Gasteiger partial charge is 0.354 e. The number of thiazole rings is 1. The molecule has 31 heavy (non-hydrogen) atoms. The SMILES string of the molecule is CC1=NNC(=O)C1=C1C=C(c2csc(Cc3ccccc3C#N)n2)c2ccccc2N1. The van der Waals surface area contributed by atoms with E-state index in [1.54, 1.807) is 11.3 Å². The second kappa shape index (κ2) is 7.67. The lowest BCUT2D eigenvalue weighted by Crippen LogP contribution is -2.19. The molecule has 2 aliphatic heterocycles. The Balaban J connectivity index is 1.57. The highest BCUT2D eigenvalue weighted by atomic mass is 32.1. The maximum absolute atomic E-state index is 12.3. The molecule has 0 atom stereocenters. The van der Waals surface area contributed by atoms with Gasteiger partial charge in [-0.2, -0.15) is 10.4 Å². The molecule has 2 aliphatic rings. The van der Waals surface area contributed by atoms with Gasteiger partial charge in [-0.05, 0) is 30.7 Å². The minimum atomic E-state index is -0.220. The second-order valence-corrected chi connectivity index (χ2v) is 8.17. The molecule has 2 N–H and O–H groups in total. The lowest BCUT2D eigenvalue weighted by Gasteiger charge is -2.21. The van der Waals surface area contributed by atoms with Gasteiger partial charge in [-0.15, -0.1) is 11.3 Å². The number of hydrogen-bond donors (Lipinski definition) is 2. The fourth-order valence-electron chi connectivity index (χ4n) is 3.77. The molecule has 0 saturated carbocycles. The van der Waals surface area contributed by atoms with Crippen LogP contribution in [0.2, 0.25) is 0 Å². The fourth-order valence-corrected chi connectivity index (χ4v) is 4.58. The van der Waals surface area contributed by atoms with E-state index in [1.807, 2.05) is 66.9 Å². The highest BCUT2D eigenvalue weighted by molar-refractivity contribution is 7.09. The van der Waals surface area contributed by atoms with E-state index in [0.29, 0.717) is 29.0 Å². The van der Waals surface area contributed by atoms with Crippen LogP contribution in [0.3, 0.4) is 0 Å². The van der Waals surface area contributed by atoms with Gasteiger partial charge in [0.25, 0.3) is 5.91 Å². The van der Waals surface area contributed by atoms with E-state index >= 15 is 0 Å². The van der Waals surface area contributed by atoms with E-state index in [9.17, 15) is 10.1 Å². The number of anilines is 1. The number of nitrogens with one attached hydrogen (secondary N) is 2. The van der Waals surface area contributed by atoms with Crippen LogP contribution in [0, 0.1) is 11.3 Å². The van der Waals surface area contributed by atoms with Gasteiger partial charge in [0.2, 0.25) is 0 Å². The van der Waals surface area contributed by atoms with E-state index in [4.69, 9.17) is 4.98 Å². The molecular weight excluding hydrogens is 406 g/mol. The average molecular weight is 424 g/mol. The van der Waals surface area contributed by atoms with Crippen LogP contribution in [-0.2, 0) is 11.2 Å². The van der Waals surface area contributed by atoms with Crippen LogP contribution in [0.15, 0.2) is 76.4 Å². The summed E-state index contributed by atoms with van der Waals surface area (Å²) >= 11 is 1.57. The average Bonchev–Trinajstić information content (AvgIpc) is 3.39. The molecular formula is C24H17N5OS. The van der Waals surface area contributed by atoms with Crippen molar-refractivity contribution in [1.29, 1.82) is 5.26 Å². The molecule has 0 aliphatic carbocycles. The van der Waals surface area contributed by atoms with Crippen molar-refractivity contribution in [2.75, 3.05) is 5.32 Å². The summed E-state index contributed by atoms with van der Waals surface area (Å²) in [7, 11) is 0. The molecule has 5 rings (SSSR count). The first kappa shape index (κ1) is 19.0. The van der Waals surface area contributed by atoms with Crippen molar-refractivity contribution in [3.63, 3.8) is 0 Å². The molecule has 0 unspecified atom stereocenters. The Labute approximate surface area is 183 Å². The molecule has 0 spiro atoms. The Hall–Kier alpha value is -4.02. The van der Waals surface area contributed by atoms with Crippen LogP contribution >= 0.6 is 11.3 Å². The van der Waals surface area contributed by atoms with Crippen LogP contribution in [-0.4, -0.2) is 16.6 Å². The van der Waals surface area contributed by atoms with Gasteiger partial charge in [0.15, 0.2) is 0 Å². The monoisotopic (exact) mass is 423 g/mol. The summed E-state index contributed by atoms with van der Waals surface area (Å²) in [5, 5.41) is 19.7. The first-order valence-corrected chi connectivity index (χ1v) is 10.6. The van der Waals surface area contributed by atoms with E-state index in [0.717, 1.165) is 33.1 Å². The van der Waals surface area contributed by atoms with Crippen molar-refractivity contribution in [3.05, 3.63) is 98.6 Å². The van der Waals surface area contributed by atoms with Gasteiger partial charge >= 0.3 is 0 Å². The molecule has 7 heteroatoms. The number of fused-ring (bicyclic) bond motifs is 1. The molecule has 150 valence electrons. The van der Waals surface area contributed by atoms with E-state index in [1.165, 1.54) is 0 Å². The molecule has 0 radical (unpaired) electrons. The number of carbonyl (C=O) groups excluding carboxylic acids is 1. The lowest BCUT2D eigenvalue weighted by molar-refractivity contribution is -0.116. The van der Waals surface area contributed by atoms with E-state index in [2.05, 4.69) is 21.9 Å². The number of rotatable bonds is 3. The van der Waals surface area contributed by atoms with Gasteiger partial charge in [-0.1, -0.05) is 36.4 Å². The molecule has 3 aromatic rings. The summed E-state index contributed by atoms with van der Waals surface area (Å²) in [4.78, 5) is 17.2. The summed E-state index contributed by atoms with van der Waals surface area (Å²) in [5.74, 6) is -0.220. The first-order valence-electron chi connectivity index (χ1n) is 9.74. The first-order chi connectivity index (χ1) is 15.1. The normalized spacial score (nSPS) is 17.2. The smallest absolute Gasteiger partial charge is 0.275 e. The Kier molecular flexibility index (Phi) is 4.69. The third-order valence-corrected chi connectivity index (χ3v) is 6.11. The number of aromatic nitrogens is 1. The van der Waals surface area contributed by atoms with Gasteiger partial charge < -0.3 is 5.32 Å². The molecule has 2 aromatic carbocycles. The molecule has 1 amide bonds. The lowest BCUT2D eigenvalue weighted by atomic mass is 9.94. The van der Waals surface area contributed by atoms with Crippen molar-refractivity contribution in [2.45, 2.75) is 13.3 Å². The van der Waals surface area contributed by atoms with Crippen molar-refractivity contribution < 1.29 is 4.79 Å². The van der Waals surface area contributed by atoms with Crippen molar-refractivity contribution in [3.8, 4) is 6.07 Å². The second-order valence-electron chi connectivity index (χ2n) is 7.23. The zero-order valence-electron chi connectivity index (χ0n) is 16.6. The highest BCUT2D eigenvalue weighted by Crippen LogP contribution is 2.37. The topological polar surface area (TPSA) is 90.2 Å². The van der Waals surface area contributed by atoms with Crippen molar-refractivity contribution in [2.24, 2.45) is 5.10 Å². The third-order valence-electron chi connectivity index (χ3n) is 5.27. The number of amides is 1.